The molecule has 132 valence electrons. The van der Waals surface area contributed by atoms with Crippen molar-refractivity contribution in [1.82, 2.24) is 14.5 Å². The molecule has 0 unspecified atom stereocenters. The molecule has 10 heteroatoms. The minimum absolute atomic E-state index is 0.0590. The number of alkyl halides is 3. The molecule has 0 saturated carbocycles. The summed E-state index contributed by atoms with van der Waals surface area (Å²) in [4.78, 5) is 7.68. The van der Waals surface area contributed by atoms with Gasteiger partial charge in [0.15, 0.2) is 27.2 Å². The predicted molar refractivity (Wildman–Crippen MR) is 81.9 cm³/mol. The van der Waals surface area contributed by atoms with Crippen molar-refractivity contribution in [3.05, 3.63) is 48.3 Å². The van der Waals surface area contributed by atoms with Crippen molar-refractivity contribution in [3.8, 4) is 17.2 Å². The van der Waals surface area contributed by atoms with E-state index in [4.69, 9.17) is 4.42 Å². The van der Waals surface area contributed by atoms with Crippen molar-refractivity contribution in [3.63, 3.8) is 0 Å². The van der Waals surface area contributed by atoms with E-state index in [9.17, 15) is 21.6 Å². The van der Waals surface area contributed by atoms with Gasteiger partial charge in [0.25, 0.3) is 0 Å². The van der Waals surface area contributed by atoms with Crippen LogP contribution in [0.15, 0.2) is 46.0 Å². The lowest BCUT2D eigenvalue weighted by atomic mass is 10.3. The van der Waals surface area contributed by atoms with Crippen LogP contribution in [-0.4, -0.2) is 29.2 Å². The number of oxazole rings is 1. The first-order chi connectivity index (χ1) is 11.6. The fourth-order valence-corrected chi connectivity index (χ4v) is 2.84. The molecule has 2 aromatic heterocycles. The average molecular weight is 371 g/mol. The molecule has 0 N–H and O–H groups in total. The Labute approximate surface area is 140 Å². The summed E-state index contributed by atoms with van der Waals surface area (Å²) >= 11 is 0. The SMILES string of the molecule is Cc1nc(-c2nc(C(F)(F)F)cn2-c2ccc(S(C)(=O)=O)cc2)co1. The summed E-state index contributed by atoms with van der Waals surface area (Å²) in [5.41, 5.74) is -0.637. The van der Waals surface area contributed by atoms with Crippen LogP contribution in [0.2, 0.25) is 0 Å². The number of benzene rings is 1. The van der Waals surface area contributed by atoms with Crippen LogP contribution < -0.4 is 0 Å². The van der Waals surface area contributed by atoms with Gasteiger partial charge in [-0.1, -0.05) is 0 Å². The Hall–Kier alpha value is -2.62. The lowest BCUT2D eigenvalue weighted by Crippen LogP contribution is -2.05. The van der Waals surface area contributed by atoms with Crippen molar-refractivity contribution in [2.75, 3.05) is 6.26 Å². The normalized spacial score (nSPS) is 12.5. The highest BCUT2D eigenvalue weighted by molar-refractivity contribution is 7.90. The Morgan fingerprint density at radius 3 is 2.24 bits per heavy atom. The molecule has 0 aliphatic rings. The second kappa shape index (κ2) is 5.73. The summed E-state index contributed by atoms with van der Waals surface area (Å²) in [7, 11) is -3.41. The molecule has 0 radical (unpaired) electrons. The summed E-state index contributed by atoms with van der Waals surface area (Å²) in [5.74, 6) is 0.224. The van der Waals surface area contributed by atoms with E-state index in [0.29, 0.717) is 5.69 Å². The quantitative estimate of drug-likeness (QED) is 0.706. The maximum Gasteiger partial charge on any atom is 0.434 e. The second-order valence-corrected chi connectivity index (χ2v) is 7.35. The van der Waals surface area contributed by atoms with Crippen LogP contribution in [0.5, 0.6) is 0 Å². The van der Waals surface area contributed by atoms with E-state index < -0.39 is 21.7 Å². The summed E-state index contributed by atoms with van der Waals surface area (Å²) in [5, 5.41) is 0. The molecule has 1 aromatic carbocycles. The minimum atomic E-state index is -4.63. The average Bonchev–Trinajstić information content (AvgIpc) is 3.12. The van der Waals surface area contributed by atoms with Crippen LogP contribution in [0, 0.1) is 6.92 Å². The summed E-state index contributed by atoms with van der Waals surface area (Å²) in [6.45, 7) is 1.56. The first-order valence-electron chi connectivity index (χ1n) is 6.95. The zero-order valence-corrected chi connectivity index (χ0v) is 13.9. The number of aryl methyl sites for hydroxylation is 1. The number of hydrogen-bond acceptors (Lipinski definition) is 5. The number of hydrogen-bond donors (Lipinski definition) is 0. The lowest BCUT2D eigenvalue weighted by Gasteiger charge is -2.07. The maximum atomic E-state index is 13.0. The first kappa shape index (κ1) is 17.2. The third-order valence-corrected chi connectivity index (χ3v) is 4.52. The number of nitrogens with zero attached hydrogens (tertiary/aromatic N) is 3. The molecule has 2 heterocycles. The van der Waals surface area contributed by atoms with Crippen LogP contribution in [-0.2, 0) is 16.0 Å². The zero-order valence-electron chi connectivity index (χ0n) is 13.1. The van der Waals surface area contributed by atoms with Gasteiger partial charge >= 0.3 is 6.18 Å². The number of halogens is 3. The topological polar surface area (TPSA) is 78.0 Å². The zero-order chi connectivity index (χ0) is 18.4. The minimum Gasteiger partial charge on any atom is -0.449 e. The van der Waals surface area contributed by atoms with Crippen molar-refractivity contribution < 1.29 is 26.0 Å². The molecule has 3 rings (SSSR count). The van der Waals surface area contributed by atoms with Crippen LogP contribution in [0.25, 0.3) is 17.2 Å². The van der Waals surface area contributed by atoms with Crippen molar-refractivity contribution in [2.24, 2.45) is 0 Å². The van der Waals surface area contributed by atoms with Gasteiger partial charge in [-0.25, -0.2) is 18.4 Å². The van der Waals surface area contributed by atoms with Gasteiger partial charge in [0.2, 0.25) is 0 Å². The monoisotopic (exact) mass is 371 g/mol. The maximum absolute atomic E-state index is 13.0. The highest BCUT2D eigenvalue weighted by Gasteiger charge is 2.35. The predicted octanol–water partition coefficient (Wildman–Crippen LogP) is 3.26. The van der Waals surface area contributed by atoms with Gasteiger partial charge in [0, 0.05) is 25.1 Å². The van der Waals surface area contributed by atoms with Gasteiger partial charge in [-0.15, -0.1) is 0 Å². The molecule has 6 nitrogen and oxygen atoms in total. The molecule has 0 bridgehead atoms. The van der Waals surface area contributed by atoms with E-state index in [0.717, 1.165) is 12.5 Å². The van der Waals surface area contributed by atoms with E-state index in [1.54, 1.807) is 6.92 Å². The Kier molecular flexibility index (Phi) is 3.94. The van der Waals surface area contributed by atoms with Crippen molar-refractivity contribution in [1.29, 1.82) is 0 Å². The Balaban J connectivity index is 2.16. The molecule has 25 heavy (non-hydrogen) atoms. The molecule has 0 amide bonds. The van der Waals surface area contributed by atoms with Gasteiger partial charge in [-0.3, -0.25) is 4.57 Å². The lowest BCUT2D eigenvalue weighted by molar-refractivity contribution is -0.140. The fraction of sp³-hybridized carbons (Fsp3) is 0.200. The van der Waals surface area contributed by atoms with Crippen molar-refractivity contribution in [2.45, 2.75) is 18.0 Å². The van der Waals surface area contributed by atoms with E-state index in [2.05, 4.69) is 9.97 Å². The molecule has 0 atom stereocenters. The number of sulfone groups is 1. The highest BCUT2D eigenvalue weighted by Crippen LogP contribution is 2.32. The molecular formula is C15H12F3N3O3S. The van der Waals surface area contributed by atoms with E-state index in [1.165, 1.54) is 35.1 Å². The molecule has 3 aromatic rings. The molecule has 0 aliphatic carbocycles. The Morgan fingerprint density at radius 1 is 1.12 bits per heavy atom. The van der Waals surface area contributed by atoms with Crippen LogP contribution in [0.4, 0.5) is 13.2 Å². The second-order valence-electron chi connectivity index (χ2n) is 5.34. The van der Waals surface area contributed by atoms with Crippen molar-refractivity contribution >= 4 is 9.84 Å². The van der Waals surface area contributed by atoms with Gasteiger partial charge in [0.1, 0.15) is 12.0 Å². The molecular weight excluding hydrogens is 359 g/mol. The molecule has 0 saturated heterocycles. The third-order valence-electron chi connectivity index (χ3n) is 3.39. The molecule has 0 fully saturated rings. The summed E-state index contributed by atoms with van der Waals surface area (Å²) < 4.78 is 68.4. The van der Waals surface area contributed by atoms with Gasteiger partial charge in [0.05, 0.1) is 4.90 Å². The fourth-order valence-electron chi connectivity index (χ4n) is 2.21. The van der Waals surface area contributed by atoms with E-state index >= 15 is 0 Å². The van der Waals surface area contributed by atoms with Gasteiger partial charge in [-0.2, -0.15) is 13.2 Å². The van der Waals surface area contributed by atoms with Crippen LogP contribution in [0.3, 0.4) is 0 Å². The highest BCUT2D eigenvalue weighted by atomic mass is 32.2. The Bertz CT molecular complexity index is 1020. The number of rotatable bonds is 3. The summed E-state index contributed by atoms with van der Waals surface area (Å²) in [6, 6.07) is 5.43. The standard InChI is InChI=1S/C15H12F3N3O3S/c1-9-19-12(8-24-9)14-20-13(15(16,17)18)7-21(14)10-3-5-11(6-4-10)25(2,22)23/h3-8H,1-2H3. The van der Waals surface area contributed by atoms with Crippen LogP contribution in [0.1, 0.15) is 11.6 Å². The van der Waals surface area contributed by atoms with E-state index in [1.807, 2.05) is 0 Å². The van der Waals surface area contributed by atoms with E-state index in [-0.39, 0.29) is 22.3 Å². The summed E-state index contributed by atoms with van der Waals surface area (Å²) in [6.07, 6.45) is -1.55. The number of aromatic nitrogens is 3. The molecule has 0 spiro atoms. The van der Waals surface area contributed by atoms with Gasteiger partial charge in [-0.05, 0) is 24.3 Å². The number of imidazole rings is 1. The smallest absolute Gasteiger partial charge is 0.434 e. The third kappa shape index (κ3) is 3.43. The largest absolute Gasteiger partial charge is 0.449 e. The first-order valence-corrected chi connectivity index (χ1v) is 8.84. The van der Waals surface area contributed by atoms with Crippen LogP contribution >= 0.6 is 0 Å². The van der Waals surface area contributed by atoms with Gasteiger partial charge < -0.3 is 4.42 Å². The molecule has 0 aliphatic heterocycles. The Morgan fingerprint density at radius 2 is 1.76 bits per heavy atom.